The molecule has 2 aromatic rings. The van der Waals surface area contributed by atoms with E-state index in [4.69, 9.17) is 20.4 Å². The molecule has 0 unspecified atom stereocenters. The van der Waals surface area contributed by atoms with E-state index in [-0.39, 0.29) is 0 Å². The molecular weight excluding hydrogens is 180 g/mol. The van der Waals surface area contributed by atoms with Crippen LogP contribution in [0.3, 0.4) is 0 Å². The van der Waals surface area contributed by atoms with Gasteiger partial charge in [0.05, 0.1) is 0 Å². The van der Waals surface area contributed by atoms with Crippen LogP contribution in [0.1, 0.15) is 16.8 Å². The van der Waals surface area contributed by atoms with E-state index in [1.54, 1.807) is 0 Å². The monoisotopic (exact) mass is 184 g/mol. The summed E-state index contributed by atoms with van der Waals surface area (Å²) in [6.07, 6.45) is 5.61. The van der Waals surface area contributed by atoms with Crippen LogP contribution in [0.4, 0.5) is 0 Å². The largest absolute Gasteiger partial charge is 0.451 e. The summed E-state index contributed by atoms with van der Waals surface area (Å²) in [5, 5.41) is -0.400. The summed E-state index contributed by atoms with van der Waals surface area (Å²) in [5.74, 6) is 0. The molecule has 0 saturated heterocycles. The van der Waals surface area contributed by atoms with E-state index < -0.39 is 5.38 Å². The summed E-state index contributed by atoms with van der Waals surface area (Å²) in [6, 6.07) is 0. The third kappa shape index (κ3) is 1.21. The second-order valence-corrected chi connectivity index (χ2v) is 2.63. The SMILES string of the molecule is ClC(c1cocn1)c1cocn1. The van der Waals surface area contributed by atoms with Crippen LogP contribution < -0.4 is 0 Å². The van der Waals surface area contributed by atoms with Gasteiger partial charge in [0.1, 0.15) is 29.3 Å². The van der Waals surface area contributed by atoms with Crippen molar-refractivity contribution < 1.29 is 8.83 Å². The Morgan fingerprint density at radius 3 is 1.92 bits per heavy atom. The van der Waals surface area contributed by atoms with Gasteiger partial charge < -0.3 is 8.83 Å². The highest BCUT2D eigenvalue weighted by Gasteiger charge is 2.15. The van der Waals surface area contributed by atoms with E-state index in [1.807, 2.05) is 0 Å². The van der Waals surface area contributed by atoms with Crippen molar-refractivity contribution in [2.45, 2.75) is 5.38 Å². The van der Waals surface area contributed by atoms with Crippen LogP contribution in [-0.2, 0) is 0 Å². The lowest BCUT2D eigenvalue weighted by Crippen LogP contribution is -1.92. The van der Waals surface area contributed by atoms with Crippen molar-refractivity contribution in [2.24, 2.45) is 0 Å². The Morgan fingerprint density at radius 2 is 1.58 bits per heavy atom. The summed E-state index contributed by atoms with van der Waals surface area (Å²) in [7, 11) is 0. The number of aromatic nitrogens is 2. The summed E-state index contributed by atoms with van der Waals surface area (Å²) in [4.78, 5) is 7.78. The Bertz CT molecular complexity index is 296. The van der Waals surface area contributed by atoms with Crippen molar-refractivity contribution >= 4 is 11.6 Å². The predicted octanol–water partition coefficient (Wildman–Crippen LogP) is 1.99. The van der Waals surface area contributed by atoms with Crippen LogP contribution in [0, 0.1) is 0 Å². The van der Waals surface area contributed by atoms with Crippen molar-refractivity contribution in [3.05, 3.63) is 36.7 Å². The summed E-state index contributed by atoms with van der Waals surface area (Å²) < 4.78 is 9.56. The first kappa shape index (κ1) is 7.36. The molecule has 0 fully saturated rings. The minimum Gasteiger partial charge on any atom is -0.451 e. The van der Waals surface area contributed by atoms with Gasteiger partial charge in [-0.05, 0) is 0 Å². The van der Waals surface area contributed by atoms with E-state index in [0.29, 0.717) is 11.4 Å². The molecule has 2 rings (SSSR count). The number of oxazole rings is 2. The van der Waals surface area contributed by atoms with E-state index in [1.165, 1.54) is 25.3 Å². The van der Waals surface area contributed by atoms with Gasteiger partial charge in [-0.3, -0.25) is 0 Å². The number of alkyl halides is 1. The molecule has 0 aliphatic rings. The lowest BCUT2D eigenvalue weighted by atomic mass is 10.3. The van der Waals surface area contributed by atoms with Gasteiger partial charge in [0, 0.05) is 0 Å². The third-order valence-electron chi connectivity index (χ3n) is 1.42. The number of hydrogen-bond donors (Lipinski definition) is 0. The van der Waals surface area contributed by atoms with Gasteiger partial charge in [0.25, 0.3) is 0 Å². The molecule has 0 aromatic carbocycles. The van der Waals surface area contributed by atoms with Gasteiger partial charge in [-0.2, -0.15) is 0 Å². The second kappa shape index (κ2) is 2.98. The van der Waals surface area contributed by atoms with E-state index in [0.717, 1.165) is 0 Å². The summed E-state index contributed by atoms with van der Waals surface area (Å²) >= 11 is 5.97. The zero-order valence-electron chi connectivity index (χ0n) is 5.98. The molecule has 0 spiro atoms. The summed E-state index contributed by atoms with van der Waals surface area (Å²) in [5.41, 5.74) is 1.26. The van der Waals surface area contributed by atoms with Gasteiger partial charge in [0.2, 0.25) is 0 Å². The maximum Gasteiger partial charge on any atom is 0.180 e. The molecule has 4 nitrogen and oxygen atoms in total. The van der Waals surface area contributed by atoms with Crippen LogP contribution in [0.25, 0.3) is 0 Å². The molecule has 0 N–H and O–H groups in total. The van der Waals surface area contributed by atoms with Crippen molar-refractivity contribution in [2.75, 3.05) is 0 Å². The fourth-order valence-corrected chi connectivity index (χ4v) is 1.06. The lowest BCUT2D eigenvalue weighted by Gasteiger charge is -1.98. The Labute approximate surface area is 73.2 Å². The molecule has 2 heterocycles. The maximum absolute atomic E-state index is 5.97. The molecule has 0 amide bonds. The molecule has 2 aromatic heterocycles. The highest BCUT2D eigenvalue weighted by atomic mass is 35.5. The van der Waals surface area contributed by atoms with E-state index >= 15 is 0 Å². The van der Waals surface area contributed by atoms with Gasteiger partial charge in [0.15, 0.2) is 12.8 Å². The topological polar surface area (TPSA) is 52.1 Å². The van der Waals surface area contributed by atoms with E-state index in [2.05, 4.69) is 9.97 Å². The molecule has 0 aliphatic heterocycles. The van der Waals surface area contributed by atoms with Crippen molar-refractivity contribution in [3.63, 3.8) is 0 Å². The minimum atomic E-state index is -0.400. The highest BCUT2D eigenvalue weighted by Crippen LogP contribution is 2.25. The number of halogens is 1. The summed E-state index contributed by atoms with van der Waals surface area (Å²) in [6.45, 7) is 0. The first-order valence-electron chi connectivity index (χ1n) is 3.28. The van der Waals surface area contributed by atoms with Crippen LogP contribution in [0.2, 0.25) is 0 Å². The third-order valence-corrected chi connectivity index (χ3v) is 1.87. The first-order chi connectivity index (χ1) is 5.88. The quantitative estimate of drug-likeness (QED) is 0.670. The number of hydrogen-bond acceptors (Lipinski definition) is 4. The van der Waals surface area contributed by atoms with E-state index in [9.17, 15) is 0 Å². The van der Waals surface area contributed by atoms with Crippen molar-refractivity contribution in [1.82, 2.24) is 9.97 Å². The smallest absolute Gasteiger partial charge is 0.180 e. The van der Waals surface area contributed by atoms with Crippen molar-refractivity contribution in [1.29, 1.82) is 0 Å². The second-order valence-electron chi connectivity index (χ2n) is 2.19. The zero-order chi connectivity index (χ0) is 8.39. The predicted molar refractivity (Wildman–Crippen MR) is 40.7 cm³/mol. The Morgan fingerprint density at radius 1 is 1.08 bits per heavy atom. The molecule has 0 radical (unpaired) electrons. The number of nitrogens with zero attached hydrogens (tertiary/aromatic N) is 2. The standard InChI is InChI=1S/C7H5ClN2O2/c8-7(5-1-11-3-9-5)6-2-12-4-10-6/h1-4,7H. The van der Waals surface area contributed by atoms with Crippen LogP contribution in [-0.4, -0.2) is 9.97 Å². The molecule has 0 bridgehead atoms. The molecule has 12 heavy (non-hydrogen) atoms. The molecule has 5 heteroatoms. The van der Waals surface area contributed by atoms with Gasteiger partial charge >= 0.3 is 0 Å². The Kier molecular flexibility index (Phi) is 1.83. The van der Waals surface area contributed by atoms with Crippen LogP contribution >= 0.6 is 11.6 Å². The maximum atomic E-state index is 5.97. The normalized spacial score (nSPS) is 10.8. The molecule has 0 saturated carbocycles. The number of rotatable bonds is 2. The van der Waals surface area contributed by atoms with Gasteiger partial charge in [-0.25, -0.2) is 9.97 Å². The molecular formula is C7H5ClN2O2. The van der Waals surface area contributed by atoms with Crippen LogP contribution in [0.5, 0.6) is 0 Å². The van der Waals surface area contributed by atoms with Crippen molar-refractivity contribution in [3.8, 4) is 0 Å². The van der Waals surface area contributed by atoms with Gasteiger partial charge in [-0.1, -0.05) is 0 Å². The zero-order valence-corrected chi connectivity index (χ0v) is 6.73. The van der Waals surface area contributed by atoms with Gasteiger partial charge in [-0.15, -0.1) is 11.6 Å². The Balaban J connectivity index is 2.27. The average Bonchev–Trinajstić information content (AvgIpc) is 2.77. The lowest BCUT2D eigenvalue weighted by molar-refractivity contribution is 0.555. The average molecular weight is 185 g/mol. The molecule has 62 valence electrons. The molecule has 0 atom stereocenters. The molecule has 0 aliphatic carbocycles. The fourth-order valence-electron chi connectivity index (χ4n) is 0.846. The minimum absolute atomic E-state index is 0.400. The fraction of sp³-hybridized carbons (Fsp3) is 0.143. The Hall–Kier alpha value is -1.29. The van der Waals surface area contributed by atoms with Crippen LogP contribution in [0.15, 0.2) is 34.1 Å². The highest BCUT2D eigenvalue weighted by molar-refractivity contribution is 6.22. The first-order valence-corrected chi connectivity index (χ1v) is 3.72.